The van der Waals surface area contributed by atoms with Crippen LogP contribution in [0.25, 0.3) is 0 Å². The van der Waals surface area contributed by atoms with Crippen LogP contribution >= 0.6 is 0 Å². The highest BCUT2D eigenvalue weighted by atomic mass is 32.2. The monoisotopic (exact) mass is 293 g/mol. The van der Waals surface area contributed by atoms with Gasteiger partial charge in [-0.1, -0.05) is 6.92 Å². The van der Waals surface area contributed by atoms with E-state index in [1.165, 1.54) is 0 Å². The highest BCUT2D eigenvalue weighted by Crippen LogP contribution is 1.94. The summed E-state index contributed by atoms with van der Waals surface area (Å²) in [6, 6.07) is 0. The van der Waals surface area contributed by atoms with Crippen LogP contribution in [0.2, 0.25) is 0 Å². The molecule has 0 aromatic carbocycles. The van der Waals surface area contributed by atoms with Crippen LogP contribution in [0.15, 0.2) is 0 Å². The average Bonchev–Trinajstić information content (AvgIpc) is 2.38. The maximum absolute atomic E-state index is 11.5. The Hall–Kier alpha value is -0.700. The summed E-state index contributed by atoms with van der Waals surface area (Å²) >= 11 is 0. The van der Waals surface area contributed by atoms with E-state index in [9.17, 15) is 13.2 Å². The van der Waals surface area contributed by atoms with Crippen molar-refractivity contribution in [1.29, 1.82) is 0 Å². The van der Waals surface area contributed by atoms with Gasteiger partial charge in [-0.25, -0.2) is 13.1 Å². The lowest BCUT2D eigenvalue weighted by Crippen LogP contribution is -2.43. The number of carbonyl (C=O) groups is 1. The summed E-state index contributed by atoms with van der Waals surface area (Å²) in [6.07, 6.45) is 0.536. The summed E-state index contributed by atoms with van der Waals surface area (Å²) in [5.74, 6) is -0.249. The first-order chi connectivity index (χ1) is 9.03. The predicted molar refractivity (Wildman–Crippen MR) is 72.3 cm³/mol. The van der Waals surface area contributed by atoms with Crippen LogP contribution in [0.1, 0.15) is 13.3 Å². The molecular weight excluding hydrogens is 270 g/mol. The van der Waals surface area contributed by atoms with Crippen LogP contribution < -0.4 is 10.0 Å². The molecule has 0 spiro atoms. The quantitative estimate of drug-likeness (QED) is 0.585. The Balaban J connectivity index is 2.10. The van der Waals surface area contributed by atoms with Gasteiger partial charge in [0.15, 0.2) is 0 Å². The fourth-order valence-electron chi connectivity index (χ4n) is 1.76. The van der Waals surface area contributed by atoms with Crippen molar-refractivity contribution in [1.82, 2.24) is 14.9 Å². The van der Waals surface area contributed by atoms with Crippen LogP contribution in [-0.4, -0.2) is 70.9 Å². The number of rotatable bonds is 8. The van der Waals surface area contributed by atoms with Crippen molar-refractivity contribution in [3.8, 4) is 0 Å². The van der Waals surface area contributed by atoms with Crippen molar-refractivity contribution < 1.29 is 17.9 Å². The molecule has 0 radical (unpaired) electrons. The third-order valence-corrected chi connectivity index (χ3v) is 4.31. The molecule has 1 amide bonds. The first-order valence-electron chi connectivity index (χ1n) is 6.57. The minimum Gasteiger partial charge on any atom is -0.379 e. The highest BCUT2D eigenvalue weighted by molar-refractivity contribution is 7.89. The van der Waals surface area contributed by atoms with Gasteiger partial charge >= 0.3 is 0 Å². The molecule has 112 valence electrons. The van der Waals surface area contributed by atoms with E-state index < -0.39 is 10.0 Å². The molecule has 0 aromatic rings. The molecule has 0 unspecified atom stereocenters. The van der Waals surface area contributed by atoms with E-state index in [0.29, 0.717) is 13.0 Å². The van der Waals surface area contributed by atoms with E-state index in [1.54, 1.807) is 6.92 Å². The molecule has 0 saturated carbocycles. The molecule has 0 aromatic heterocycles. The second-order valence-corrected chi connectivity index (χ2v) is 6.37. The molecule has 1 heterocycles. The molecule has 0 atom stereocenters. The van der Waals surface area contributed by atoms with E-state index in [-0.39, 0.29) is 18.2 Å². The van der Waals surface area contributed by atoms with Gasteiger partial charge < -0.3 is 10.1 Å². The van der Waals surface area contributed by atoms with Gasteiger partial charge in [0.1, 0.15) is 0 Å². The van der Waals surface area contributed by atoms with E-state index >= 15 is 0 Å². The highest BCUT2D eigenvalue weighted by Gasteiger charge is 2.12. The number of morpholine rings is 1. The maximum atomic E-state index is 11.5. The third kappa shape index (κ3) is 7.46. The predicted octanol–water partition coefficient (Wildman–Crippen LogP) is -1.24. The second-order valence-electron chi connectivity index (χ2n) is 4.44. The topological polar surface area (TPSA) is 87.7 Å². The zero-order valence-electron chi connectivity index (χ0n) is 11.4. The first-order valence-corrected chi connectivity index (χ1v) is 8.23. The van der Waals surface area contributed by atoms with E-state index in [1.807, 2.05) is 0 Å². The number of nitrogens with one attached hydrogen (secondary N) is 2. The minimum atomic E-state index is -3.31. The van der Waals surface area contributed by atoms with Crippen LogP contribution in [0.3, 0.4) is 0 Å². The van der Waals surface area contributed by atoms with Crippen molar-refractivity contribution in [2.45, 2.75) is 13.3 Å². The average molecular weight is 293 g/mol. The fourth-order valence-corrected chi connectivity index (χ4v) is 2.79. The van der Waals surface area contributed by atoms with Gasteiger partial charge in [0.2, 0.25) is 15.9 Å². The zero-order valence-corrected chi connectivity index (χ0v) is 12.2. The zero-order chi connectivity index (χ0) is 14.1. The number of sulfonamides is 1. The molecule has 7 nitrogen and oxygen atoms in total. The second kappa shape index (κ2) is 8.47. The number of ether oxygens (including phenoxy) is 1. The molecule has 8 heteroatoms. The van der Waals surface area contributed by atoms with Crippen molar-refractivity contribution in [2.75, 3.05) is 51.7 Å². The van der Waals surface area contributed by atoms with E-state index in [4.69, 9.17) is 4.74 Å². The summed E-state index contributed by atoms with van der Waals surface area (Å²) in [5, 5.41) is 2.70. The summed E-state index contributed by atoms with van der Waals surface area (Å²) in [7, 11) is -3.31. The molecule has 1 rings (SSSR count). The number of nitrogens with zero attached hydrogens (tertiary/aromatic N) is 1. The maximum Gasteiger partial charge on any atom is 0.235 e. The Kier molecular flexibility index (Phi) is 7.29. The normalized spacial score (nSPS) is 17.3. The fraction of sp³-hybridized carbons (Fsp3) is 0.909. The summed E-state index contributed by atoms with van der Waals surface area (Å²) < 4.78 is 30.2. The van der Waals surface area contributed by atoms with Gasteiger partial charge in [-0.15, -0.1) is 0 Å². The molecule has 19 heavy (non-hydrogen) atoms. The van der Waals surface area contributed by atoms with E-state index in [2.05, 4.69) is 14.9 Å². The molecular formula is C11H23N3O4S. The number of hydrogen-bond acceptors (Lipinski definition) is 5. The number of hydrogen-bond donors (Lipinski definition) is 2. The molecule has 0 aliphatic carbocycles. The van der Waals surface area contributed by atoms with Gasteiger partial charge in [-0.3, -0.25) is 9.69 Å². The molecule has 1 aliphatic rings. The Morgan fingerprint density at radius 2 is 2.00 bits per heavy atom. The minimum absolute atomic E-state index is 0.0497. The molecule has 2 N–H and O–H groups in total. The van der Waals surface area contributed by atoms with Crippen LogP contribution in [0, 0.1) is 0 Å². The summed E-state index contributed by atoms with van der Waals surface area (Å²) in [5.41, 5.74) is 0. The molecule has 1 fully saturated rings. The lowest BCUT2D eigenvalue weighted by Gasteiger charge is -2.26. The first kappa shape index (κ1) is 16.4. The van der Waals surface area contributed by atoms with E-state index in [0.717, 1.165) is 32.8 Å². The number of carbonyl (C=O) groups excluding carboxylic acids is 1. The van der Waals surface area contributed by atoms with Crippen molar-refractivity contribution in [3.63, 3.8) is 0 Å². The van der Waals surface area contributed by atoms with Crippen molar-refractivity contribution in [2.24, 2.45) is 0 Å². The van der Waals surface area contributed by atoms with Gasteiger partial charge in [-0.2, -0.15) is 0 Å². The Morgan fingerprint density at radius 3 is 2.63 bits per heavy atom. The Labute approximate surface area is 114 Å². The van der Waals surface area contributed by atoms with Crippen LogP contribution in [0.5, 0.6) is 0 Å². The molecule has 1 saturated heterocycles. The van der Waals surface area contributed by atoms with Gasteiger partial charge in [0.25, 0.3) is 0 Å². The Bertz CT molecular complexity index is 366. The molecule has 0 bridgehead atoms. The van der Waals surface area contributed by atoms with Gasteiger partial charge in [0, 0.05) is 26.2 Å². The Morgan fingerprint density at radius 1 is 1.32 bits per heavy atom. The van der Waals surface area contributed by atoms with Gasteiger partial charge in [-0.05, 0) is 6.42 Å². The SMILES string of the molecule is CCCS(=O)(=O)NCC(=O)NCCN1CCOCC1. The standard InChI is InChI=1S/C11H23N3O4S/c1-2-9-19(16,17)13-10-11(15)12-3-4-14-5-7-18-8-6-14/h13H,2-10H2,1H3,(H,12,15). The van der Waals surface area contributed by atoms with Gasteiger partial charge in [0.05, 0.1) is 25.5 Å². The molecule has 1 aliphatic heterocycles. The summed E-state index contributed by atoms with van der Waals surface area (Å²) in [4.78, 5) is 13.7. The lowest BCUT2D eigenvalue weighted by atomic mass is 10.4. The summed E-state index contributed by atoms with van der Waals surface area (Å²) in [6.45, 7) is 6.08. The largest absolute Gasteiger partial charge is 0.379 e. The third-order valence-electron chi connectivity index (χ3n) is 2.78. The van der Waals surface area contributed by atoms with Crippen molar-refractivity contribution >= 4 is 15.9 Å². The number of amides is 1. The van der Waals surface area contributed by atoms with Crippen LogP contribution in [-0.2, 0) is 19.6 Å². The smallest absolute Gasteiger partial charge is 0.235 e. The lowest BCUT2D eigenvalue weighted by molar-refractivity contribution is -0.120. The van der Waals surface area contributed by atoms with Crippen LogP contribution in [0.4, 0.5) is 0 Å². The van der Waals surface area contributed by atoms with Crippen molar-refractivity contribution in [3.05, 3.63) is 0 Å².